The molecule has 110 valence electrons. The average Bonchev–Trinajstić information content (AvgIpc) is 3.17. The van der Waals surface area contributed by atoms with E-state index in [0.717, 1.165) is 18.7 Å². The van der Waals surface area contributed by atoms with Crippen LogP contribution >= 0.6 is 0 Å². The number of nitrogens with zero attached hydrogens (tertiary/aromatic N) is 2. The van der Waals surface area contributed by atoms with Gasteiger partial charge in [-0.2, -0.15) is 0 Å². The molecule has 1 aliphatic rings. The summed E-state index contributed by atoms with van der Waals surface area (Å²) < 4.78 is 7.23. The zero-order valence-corrected chi connectivity index (χ0v) is 12.0. The minimum absolute atomic E-state index is 0.0415. The molecule has 0 unspecified atom stereocenters. The van der Waals surface area contributed by atoms with Crippen molar-refractivity contribution < 1.29 is 9.21 Å². The molecule has 0 saturated heterocycles. The summed E-state index contributed by atoms with van der Waals surface area (Å²) in [6.45, 7) is 1.65. The Bertz CT molecular complexity index is 728. The standard InChI is InChI=1S/C15H17N3O3/c1-9-7-11(19)8-12(21-9)15(20)17-13(10-3-4-10)14-16-5-6-18(14)2/h5-8,10,13H,3-4H2,1-2H3,(H,17,20)/t13-/m1/s1. The lowest BCUT2D eigenvalue weighted by Gasteiger charge is -2.17. The van der Waals surface area contributed by atoms with Crippen molar-refractivity contribution in [2.75, 3.05) is 0 Å². The van der Waals surface area contributed by atoms with Gasteiger partial charge in [0.1, 0.15) is 11.6 Å². The fourth-order valence-electron chi connectivity index (χ4n) is 2.43. The van der Waals surface area contributed by atoms with Gasteiger partial charge in [0.15, 0.2) is 11.2 Å². The molecule has 6 heteroatoms. The van der Waals surface area contributed by atoms with Gasteiger partial charge >= 0.3 is 0 Å². The molecule has 1 fully saturated rings. The van der Waals surface area contributed by atoms with Crippen LogP contribution in [0.3, 0.4) is 0 Å². The van der Waals surface area contributed by atoms with Crippen LogP contribution in [0.25, 0.3) is 0 Å². The Hall–Kier alpha value is -2.37. The number of aryl methyl sites for hydroxylation is 2. The Morgan fingerprint density at radius 3 is 2.81 bits per heavy atom. The zero-order valence-electron chi connectivity index (χ0n) is 12.0. The van der Waals surface area contributed by atoms with Crippen molar-refractivity contribution >= 4 is 5.91 Å². The monoisotopic (exact) mass is 287 g/mol. The number of imidazole rings is 1. The van der Waals surface area contributed by atoms with Gasteiger partial charge in [-0.25, -0.2) is 4.98 Å². The predicted molar refractivity (Wildman–Crippen MR) is 75.9 cm³/mol. The van der Waals surface area contributed by atoms with Gasteiger partial charge in [0.2, 0.25) is 0 Å². The number of aromatic nitrogens is 2. The molecule has 2 aromatic rings. The third kappa shape index (κ3) is 2.89. The molecule has 3 rings (SSSR count). The fourth-order valence-corrected chi connectivity index (χ4v) is 2.43. The molecule has 0 spiro atoms. The van der Waals surface area contributed by atoms with E-state index in [1.807, 2.05) is 17.8 Å². The number of nitrogens with one attached hydrogen (secondary N) is 1. The van der Waals surface area contributed by atoms with E-state index in [1.54, 1.807) is 13.1 Å². The highest BCUT2D eigenvalue weighted by molar-refractivity contribution is 5.91. The van der Waals surface area contributed by atoms with Crippen molar-refractivity contribution in [1.82, 2.24) is 14.9 Å². The Labute approximate surface area is 121 Å². The topological polar surface area (TPSA) is 77.1 Å². The van der Waals surface area contributed by atoms with Gasteiger partial charge in [-0.05, 0) is 25.7 Å². The first-order valence-electron chi connectivity index (χ1n) is 6.94. The quantitative estimate of drug-likeness (QED) is 0.925. The Kier molecular flexibility index (Phi) is 3.37. The SMILES string of the molecule is Cc1cc(=O)cc(C(=O)N[C@@H](c2nccn2C)C2CC2)o1. The van der Waals surface area contributed by atoms with Crippen LogP contribution in [0, 0.1) is 12.8 Å². The van der Waals surface area contributed by atoms with E-state index in [0.29, 0.717) is 11.7 Å². The third-order valence-corrected chi connectivity index (χ3v) is 3.63. The molecule has 21 heavy (non-hydrogen) atoms. The second kappa shape index (κ2) is 5.20. The van der Waals surface area contributed by atoms with Gasteiger partial charge in [-0.1, -0.05) is 0 Å². The van der Waals surface area contributed by atoms with Crippen LogP contribution < -0.4 is 10.7 Å². The van der Waals surface area contributed by atoms with Gasteiger partial charge in [0.05, 0.1) is 6.04 Å². The zero-order chi connectivity index (χ0) is 15.0. The number of hydrogen-bond donors (Lipinski definition) is 1. The van der Waals surface area contributed by atoms with E-state index in [4.69, 9.17) is 4.42 Å². The highest BCUT2D eigenvalue weighted by atomic mass is 16.3. The van der Waals surface area contributed by atoms with E-state index in [9.17, 15) is 9.59 Å². The van der Waals surface area contributed by atoms with Crippen molar-refractivity contribution in [2.45, 2.75) is 25.8 Å². The molecule has 1 amide bonds. The van der Waals surface area contributed by atoms with Crippen molar-refractivity contribution in [3.63, 3.8) is 0 Å². The molecule has 1 aliphatic carbocycles. The van der Waals surface area contributed by atoms with Crippen molar-refractivity contribution in [2.24, 2.45) is 13.0 Å². The maximum atomic E-state index is 12.3. The first-order chi connectivity index (χ1) is 10.0. The van der Waals surface area contributed by atoms with E-state index >= 15 is 0 Å². The van der Waals surface area contributed by atoms with Gasteiger partial charge in [0.25, 0.3) is 5.91 Å². The Morgan fingerprint density at radius 2 is 2.24 bits per heavy atom. The van der Waals surface area contributed by atoms with E-state index in [1.165, 1.54) is 12.1 Å². The summed E-state index contributed by atoms with van der Waals surface area (Å²) >= 11 is 0. The molecule has 0 bridgehead atoms. The summed E-state index contributed by atoms with van der Waals surface area (Å²) in [7, 11) is 1.90. The van der Waals surface area contributed by atoms with Crippen LogP contribution in [0.5, 0.6) is 0 Å². The fraction of sp³-hybridized carbons (Fsp3) is 0.400. The van der Waals surface area contributed by atoms with E-state index < -0.39 is 0 Å². The molecule has 1 atom stereocenters. The molecular formula is C15H17N3O3. The number of carbonyl (C=O) groups excluding carboxylic acids is 1. The van der Waals surface area contributed by atoms with Crippen LogP contribution in [0.15, 0.2) is 33.7 Å². The number of carbonyl (C=O) groups is 1. The first kappa shape index (κ1) is 13.6. The summed E-state index contributed by atoms with van der Waals surface area (Å²) in [5, 5.41) is 2.94. The van der Waals surface area contributed by atoms with Crippen LogP contribution in [0.2, 0.25) is 0 Å². The lowest BCUT2D eigenvalue weighted by molar-refractivity contribution is 0.0896. The number of hydrogen-bond acceptors (Lipinski definition) is 4. The maximum Gasteiger partial charge on any atom is 0.287 e. The first-order valence-corrected chi connectivity index (χ1v) is 6.94. The molecule has 0 aliphatic heterocycles. The lowest BCUT2D eigenvalue weighted by atomic mass is 10.1. The molecule has 1 saturated carbocycles. The van der Waals surface area contributed by atoms with Crippen molar-refractivity contribution in [3.8, 4) is 0 Å². The normalized spacial score (nSPS) is 15.7. The summed E-state index contributed by atoms with van der Waals surface area (Å²) in [4.78, 5) is 28.1. The van der Waals surface area contributed by atoms with E-state index in [-0.39, 0.29) is 23.1 Å². The van der Waals surface area contributed by atoms with E-state index in [2.05, 4.69) is 10.3 Å². The molecule has 0 aromatic carbocycles. The molecule has 6 nitrogen and oxygen atoms in total. The highest BCUT2D eigenvalue weighted by Gasteiger charge is 2.36. The smallest absolute Gasteiger partial charge is 0.287 e. The predicted octanol–water partition coefficient (Wildman–Crippen LogP) is 1.56. The second-order valence-electron chi connectivity index (χ2n) is 5.45. The molecular weight excluding hydrogens is 270 g/mol. The summed E-state index contributed by atoms with van der Waals surface area (Å²) in [6, 6.07) is 2.42. The van der Waals surface area contributed by atoms with Crippen LogP contribution in [0.1, 0.15) is 41.0 Å². The van der Waals surface area contributed by atoms with Crippen LogP contribution in [-0.2, 0) is 7.05 Å². The van der Waals surface area contributed by atoms with Crippen molar-refractivity contribution in [3.05, 3.63) is 52.1 Å². The second-order valence-corrected chi connectivity index (χ2v) is 5.45. The van der Waals surface area contributed by atoms with Crippen molar-refractivity contribution in [1.29, 1.82) is 0 Å². The third-order valence-electron chi connectivity index (χ3n) is 3.63. The largest absolute Gasteiger partial charge is 0.456 e. The Morgan fingerprint density at radius 1 is 1.48 bits per heavy atom. The van der Waals surface area contributed by atoms with Gasteiger partial charge in [0, 0.05) is 31.6 Å². The average molecular weight is 287 g/mol. The van der Waals surface area contributed by atoms with Crippen LogP contribution in [0.4, 0.5) is 0 Å². The highest BCUT2D eigenvalue weighted by Crippen LogP contribution is 2.40. The maximum absolute atomic E-state index is 12.3. The number of rotatable bonds is 4. The van der Waals surface area contributed by atoms with Crippen LogP contribution in [-0.4, -0.2) is 15.5 Å². The minimum atomic E-state index is -0.379. The van der Waals surface area contributed by atoms with Gasteiger partial charge in [-0.15, -0.1) is 0 Å². The molecule has 2 aromatic heterocycles. The van der Waals surface area contributed by atoms with Gasteiger partial charge in [-0.3, -0.25) is 9.59 Å². The minimum Gasteiger partial charge on any atom is -0.456 e. The molecule has 0 radical (unpaired) electrons. The number of amides is 1. The molecule has 2 heterocycles. The summed E-state index contributed by atoms with van der Waals surface area (Å²) in [6.07, 6.45) is 5.69. The lowest BCUT2D eigenvalue weighted by Crippen LogP contribution is -2.32. The summed E-state index contributed by atoms with van der Waals surface area (Å²) in [5.41, 5.74) is -0.233. The Balaban J connectivity index is 1.84. The summed E-state index contributed by atoms with van der Waals surface area (Å²) in [5.74, 6) is 1.30. The van der Waals surface area contributed by atoms with Gasteiger partial charge < -0.3 is 14.3 Å². The molecule has 1 N–H and O–H groups in total.